The summed E-state index contributed by atoms with van der Waals surface area (Å²) in [5, 5.41) is 9.04. The summed E-state index contributed by atoms with van der Waals surface area (Å²) in [7, 11) is -3.96. The zero-order valence-electron chi connectivity index (χ0n) is 10.4. The van der Waals surface area contributed by atoms with E-state index in [1.165, 1.54) is 18.3 Å². The average molecular weight is 308 g/mol. The van der Waals surface area contributed by atoms with E-state index in [0.29, 0.717) is 6.42 Å². The SMILES string of the molecule is O=S(=O)(c1cccnc1OC(F)F)N1CCC(CO)C1. The minimum Gasteiger partial charge on any atom is -0.415 e. The Labute approximate surface area is 115 Å². The predicted molar refractivity (Wildman–Crippen MR) is 64.8 cm³/mol. The van der Waals surface area contributed by atoms with Crippen LogP contribution in [0.3, 0.4) is 0 Å². The lowest BCUT2D eigenvalue weighted by Gasteiger charge is -2.17. The summed E-state index contributed by atoms with van der Waals surface area (Å²) >= 11 is 0. The van der Waals surface area contributed by atoms with E-state index in [1.54, 1.807) is 0 Å². The van der Waals surface area contributed by atoms with Gasteiger partial charge in [0.25, 0.3) is 0 Å². The van der Waals surface area contributed by atoms with Crippen molar-refractivity contribution in [3.8, 4) is 5.88 Å². The molecule has 0 radical (unpaired) electrons. The molecule has 1 aliphatic heterocycles. The van der Waals surface area contributed by atoms with Gasteiger partial charge in [0.05, 0.1) is 0 Å². The topological polar surface area (TPSA) is 79.7 Å². The summed E-state index contributed by atoms with van der Waals surface area (Å²) < 4.78 is 54.6. The molecule has 0 aliphatic carbocycles. The third kappa shape index (κ3) is 3.05. The van der Waals surface area contributed by atoms with Gasteiger partial charge in [-0.15, -0.1) is 0 Å². The van der Waals surface area contributed by atoms with Crippen molar-refractivity contribution in [3.63, 3.8) is 0 Å². The molecule has 0 spiro atoms. The molecule has 0 saturated carbocycles. The summed E-state index contributed by atoms with van der Waals surface area (Å²) in [5.41, 5.74) is 0. The summed E-state index contributed by atoms with van der Waals surface area (Å²) in [6, 6.07) is 2.51. The summed E-state index contributed by atoms with van der Waals surface area (Å²) in [6.45, 7) is -2.87. The first kappa shape index (κ1) is 15.1. The van der Waals surface area contributed by atoms with Crippen molar-refractivity contribution in [2.75, 3.05) is 19.7 Å². The van der Waals surface area contributed by atoms with Crippen LogP contribution >= 0.6 is 0 Å². The maximum Gasteiger partial charge on any atom is 0.388 e. The van der Waals surface area contributed by atoms with E-state index in [-0.39, 0.29) is 30.5 Å². The van der Waals surface area contributed by atoms with Crippen molar-refractivity contribution in [2.45, 2.75) is 17.9 Å². The smallest absolute Gasteiger partial charge is 0.388 e. The molecule has 9 heteroatoms. The van der Waals surface area contributed by atoms with Gasteiger partial charge in [-0.2, -0.15) is 13.1 Å². The maximum atomic E-state index is 12.4. The summed E-state index contributed by atoms with van der Waals surface area (Å²) in [5.74, 6) is -0.754. The highest BCUT2D eigenvalue weighted by Gasteiger charge is 2.34. The minimum atomic E-state index is -3.96. The molecule has 1 aromatic rings. The molecule has 0 amide bonds. The molecule has 20 heavy (non-hydrogen) atoms. The van der Waals surface area contributed by atoms with Crippen LogP contribution in [0, 0.1) is 5.92 Å². The van der Waals surface area contributed by atoms with E-state index in [1.807, 2.05) is 0 Å². The van der Waals surface area contributed by atoms with Crippen LogP contribution in [-0.4, -0.2) is 49.1 Å². The van der Waals surface area contributed by atoms with Crippen molar-refractivity contribution < 1.29 is 27.0 Å². The second-order valence-electron chi connectivity index (χ2n) is 4.39. The van der Waals surface area contributed by atoms with Gasteiger partial charge >= 0.3 is 6.61 Å². The molecule has 1 aromatic heterocycles. The van der Waals surface area contributed by atoms with Crippen molar-refractivity contribution in [2.24, 2.45) is 5.92 Å². The molecular weight excluding hydrogens is 294 g/mol. The van der Waals surface area contributed by atoms with Gasteiger partial charge in [0, 0.05) is 25.9 Å². The molecule has 112 valence electrons. The highest BCUT2D eigenvalue weighted by Crippen LogP contribution is 2.29. The van der Waals surface area contributed by atoms with E-state index >= 15 is 0 Å². The molecule has 2 heterocycles. The van der Waals surface area contributed by atoms with Crippen molar-refractivity contribution in [3.05, 3.63) is 18.3 Å². The largest absolute Gasteiger partial charge is 0.415 e. The molecule has 0 bridgehead atoms. The van der Waals surface area contributed by atoms with Gasteiger partial charge in [0.1, 0.15) is 4.90 Å². The van der Waals surface area contributed by atoms with Crippen LogP contribution in [0.25, 0.3) is 0 Å². The Hall–Kier alpha value is -1.32. The number of sulfonamides is 1. The summed E-state index contributed by atoms with van der Waals surface area (Å²) in [4.78, 5) is 3.15. The Morgan fingerprint density at radius 1 is 1.55 bits per heavy atom. The van der Waals surface area contributed by atoms with Gasteiger partial charge in [0.2, 0.25) is 15.9 Å². The molecule has 1 N–H and O–H groups in total. The number of halogens is 2. The molecule has 0 aromatic carbocycles. The van der Waals surface area contributed by atoms with E-state index < -0.39 is 22.5 Å². The fraction of sp³-hybridized carbons (Fsp3) is 0.545. The van der Waals surface area contributed by atoms with E-state index in [0.717, 1.165) is 4.31 Å². The lowest BCUT2D eigenvalue weighted by Crippen LogP contribution is -2.30. The molecule has 1 saturated heterocycles. The third-order valence-electron chi connectivity index (χ3n) is 3.06. The molecule has 6 nitrogen and oxygen atoms in total. The Kier molecular flexibility index (Phi) is 4.51. The first-order valence-electron chi connectivity index (χ1n) is 5.96. The molecule has 2 rings (SSSR count). The van der Waals surface area contributed by atoms with Gasteiger partial charge in [-0.25, -0.2) is 13.4 Å². The maximum absolute atomic E-state index is 12.4. The number of rotatable bonds is 5. The van der Waals surface area contributed by atoms with Crippen LogP contribution in [0.4, 0.5) is 8.78 Å². The number of aromatic nitrogens is 1. The van der Waals surface area contributed by atoms with Gasteiger partial charge in [-0.05, 0) is 24.5 Å². The molecular formula is C11H14F2N2O4S. The lowest BCUT2D eigenvalue weighted by molar-refractivity contribution is -0.0549. The number of hydrogen-bond donors (Lipinski definition) is 1. The molecule has 1 unspecified atom stereocenters. The highest BCUT2D eigenvalue weighted by molar-refractivity contribution is 7.89. The van der Waals surface area contributed by atoms with Crippen LogP contribution in [0.1, 0.15) is 6.42 Å². The Morgan fingerprint density at radius 3 is 2.90 bits per heavy atom. The number of nitrogens with zero attached hydrogens (tertiary/aromatic N) is 2. The normalized spacial score (nSPS) is 20.5. The van der Waals surface area contributed by atoms with Gasteiger partial charge in [-0.1, -0.05) is 0 Å². The van der Waals surface area contributed by atoms with Gasteiger partial charge in [0.15, 0.2) is 0 Å². The Balaban J connectivity index is 2.30. The van der Waals surface area contributed by atoms with Gasteiger partial charge < -0.3 is 9.84 Å². The molecule has 1 fully saturated rings. The summed E-state index contributed by atoms with van der Waals surface area (Å²) in [6.07, 6.45) is 1.71. The van der Waals surface area contributed by atoms with Crippen LogP contribution in [0.15, 0.2) is 23.2 Å². The van der Waals surface area contributed by atoms with Crippen LogP contribution in [0.2, 0.25) is 0 Å². The van der Waals surface area contributed by atoms with Crippen molar-refractivity contribution in [1.29, 1.82) is 0 Å². The minimum absolute atomic E-state index is 0.112. The third-order valence-corrected chi connectivity index (χ3v) is 4.94. The van der Waals surface area contributed by atoms with Crippen LogP contribution < -0.4 is 4.74 Å². The second-order valence-corrected chi connectivity index (χ2v) is 6.29. The Morgan fingerprint density at radius 2 is 2.30 bits per heavy atom. The first-order valence-corrected chi connectivity index (χ1v) is 7.40. The molecule has 1 atom stereocenters. The van der Waals surface area contributed by atoms with Crippen molar-refractivity contribution in [1.82, 2.24) is 9.29 Å². The van der Waals surface area contributed by atoms with E-state index in [9.17, 15) is 17.2 Å². The monoisotopic (exact) mass is 308 g/mol. The number of ether oxygens (including phenoxy) is 1. The predicted octanol–water partition coefficient (Wildman–Crippen LogP) is 0.686. The zero-order chi connectivity index (χ0) is 14.8. The number of alkyl halides is 2. The standard InChI is InChI=1S/C11H14F2N2O4S/c12-11(13)19-10-9(2-1-4-14-10)20(17,18)15-5-3-8(6-15)7-16/h1-2,4,8,11,16H,3,5-7H2. The number of pyridine rings is 1. The highest BCUT2D eigenvalue weighted by atomic mass is 32.2. The van der Waals surface area contributed by atoms with Gasteiger partial charge in [-0.3, -0.25) is 0 Å². The lowest BCUT2D eigenvalue weighted by atomic mass is 10.1. The number of hydrogen-bond acceptors (Lipinski definition) is 5. The van der Waals surface area contributed by atoms with E-state index in [4.69, 9.17) is 5.11 Å². The fourth-order valence-electron chi connectivity index (χ4n) is 2.05. The fourth-order valence-corrected chi connectivity index (χ4v) is 3.65. The second kappa shape index (κ2) is 5.98. The first-order chi connectivity index (χ1) is 9.45. The zero-order valence-corrected chi connectivity index (χ0v) is 11.3. The quantitative estimate of drug-likeness (QED) is 0.865. The van der Waals surface area contributed by atoms with Crippen molar-refractivity contribution >= 4 is 10.0 Å². The van der Waals surface area contributed by atoms with E-state index in [2.05, 4.69) is 9.72 Å². The Bertz CT molecular complexity index is 567. The average Bonchev–Trinajstić information content (AvgIpc) is 2.88. The van der Waals surface area contributed by atoms with Crippen LogP contribution in [-0.2, 0) is 10.0 Å². The number of aliphatic hydroxyl groups is 1. The van der Waals surface area contributed by atoms with Crippen LogP contribution in [0.5, 0.6) is 5.88 Å². The number of aliphatic hydroxyl groups excluding tert-OH is 1. The molecule has 1 aliphatic rings.